The molecule has 61 heavy (non-hydrogen) atoms. The van der Waals surface area contributed by atoms with E-state index in [1.165, 1.54) is 6.07 Å². The van der Waals surface area contributed by atoms with Crippen LogP contribution in [0.3, 0.4) is 0 Å². The largest absolute Gasteiger partial charge is 0.491 e. The van der Waals surface area contributed by atoms with Crippen molar-refractivity contribution in [3.63, 3.8) is 0 Å². The Balaban J connectivity index is 1.51. The fraction of sp³-hybridized carbons (Fsp3) is 0.500. The van der Waals surface area contributed by atoms with E-state index in [1.807, 2.05) is 0 Å². The molecule has 1 aliphatic rings. The number of anilines is 1. The topological polar surface area (TPSA) is 449 Å². The Bertz CT molecular complexity index is 2210. The fourth-order valence-corrected chi connectivity index (χ4v) is 7.73. The number of benzene rings is 1. The molecule has 334 valence electrons. The lowest BCUT2D eigenvalue weighted by Gasteiger charge is -2.21. The summed E-state index contributed by atoms with van der Waals surface area (Å²) in [6.07, 6.45) is -3.88. The van der Waals surface area contributed by atoms with Gasteiger partial charge in [-0.25, -0.2) is 18.5 Å². The van der Waals surface area contributed by atoms with Gasteiger partial charge in [-0.3, -0.25) is 18.7 Å². The highest BCUT2D eigenvalue weighted by atomic mass is 31.3. The number of phosphoric ester groups is 1. The van der Waals surface area contributed by atoms with E-state index in [0.29, 0.717) is 17.9 Å². The van der Waals surface area contributed by atoms with E-state index in [1.54, 1.807) is 18.2 Å². The second-order valence-corrected chi connectivity index (χ2v) is 16.0. The minimum atomic E-state index is -5.82. The van der Waals surface area contributed by atoms with E-state index in [0.717, 1.165) is 10.8 Å². The number of nitrogen functional groups attached to an aromatic ring is 1. The summed E-state index contributed by atoms with van der Waals surface area (Å²) in [5, 5.41) is 11.8. The zero-order valence-corrected chi connectivity index (χ0v) is 34.0. The van der Waals surface area contributed by atoms with Crippen LogP contribution in [0.15, 0.2) is 45.5 Å². The molecule has 3 rings (SSSR count). The number of nitrogens with two attached hydrogens (primary N) is 2. The minimum absolute atomic E-state index is 0.00613. The molecule has 2 heterocycles. The molecule has 0 bridgehead atoms. The molecule has 33 heteroatoms. The third-order valence-electron chi connectivity index (χ3n) is 7.17. The van der Waals surface area contributed by atoms with Gasteiger partial charge in [-0.2, -0.15) is 13.6 Å². The number of hydrogen-bond acceptors (Lipinski definition) is 19. The van der Waals surface area contributed by atoms with Gasteiger partial charge in [-0.1, -0.05) is 28.1 Å². The quantitative estimate of drug-likeness (QED) is 0.0162. The Morgan fingerprint density at radius 2 is 1.89 bits per heavy atom. The van der Waals surface area contributed by atoms with E-state index >= 15 is 0 Å². The molecule has 30 nitrogen and oxygen atoms in total. The molecule has 0 aliphatic carbocycles. The van der Waals surface area contributed by atoms with Crippen molar-refractivity contribution in [2.75, 3.05) is 65.1 Å². The second kappa shape index (κ2) is 24.5. The molecule has 1 aromatic carbocycles. The summed E-state index contributed by atoms with van der Waals surface area (Å²) in [6, 6.07) is 6.27. The first-order valence-electron chi connectivity index (χ1n) is 17.0. The monoisotopic (exact) mass is 924 g/mol. The molecule has 0 radical (unpaired) electrons. The van der Waals surface area contributed by atoms with Crippen LogP contribution in [-0.2, 0) is 50.6 Å². The lowest BCUT2D eigenvalue weighted by atomic mass is 10.2. The first-order chi connectivity index (χ1) is 28.8. The zero-order chi connectivity index (χ0) is 45.1. The maximum absolute atomic E-state index is 12.8. The smallest absolute Gasteiger partial charge is 0.490 e. The average molecular weight is 925 g/mol. The molecular formula is C28H39N12O18P3. The van der Waals surface area contributed by atoms with Crippen molar-refractivity contribution in [1.29, 1.82) is 0 Å². The Morgan fingerprint density at radius 1 is 1.11 bits per heavy atom. The average Bonchev–Trinajstić information content (AvgIpc) is 3.58. The van der Waals surface area contributed by atoms with E-state index in [2.05, 4.69) is 60.7 Å². The first kappa shape index (κ1) is 50.4. The normalized spacial score (nSPS) is 18.5. The SMILES string of the molecule is [N-]=[N+]=NCOC1C[C@H](n2cc(C#CCNC(=O)COCCOC(COc3cccc(C(=O)NCCN)c3)N=[N+]=[N-])c(N)nc2=O)O[C@@H]1COP(=O)(O)OP(=O)(O)OP(=O)(O)O. The van der Waals surface area contributed by atoms with Crippen molar-refractivity contribution >= 4 is 41.1 Å². The molecule has 2 amide bonds. The van der Waals surface area contributed by atoms with Gasteiger partial charge in [-0.05, 0) is 29.3 Å². The van der Waals surface area contributed by atoms with Crippen molar-refractivity contribution in [2.45, 2.75) is 31.1 Å². The number of nitrogens with one attached hydrogen (secondary N) is 2. The van der Waals surface area contributed by atoms with Crippen LogP contribution in [-0.4, -0.2) is 119 Å². The van der Waals surface area contributed by atoms with Gasteiger partial charge < -0.3 is 65.4 Å². The summed E-state index contributed by atoms with van der Waals surface area (Å²) in [7, 11) is -17.0. The van der Waals surface area contributed by atoms with Gasteiger partial charge in [0, 0.05) is 41.1 Å². The van der Waals surface area contributed by atoms with E-state index in [4.69, 9.17) is 56.0 Å². The highest BCUT2D eigenvalue weighted by Gasteiger charge is 2.43. The summed E-state index contributed by atoms with van der Waals surface area (Å²) in [5.74, 6) is 4.34. The number of aromatic nitrogens is 2. The highest BCUT2D eigenvalue weighted by Crippen LogP contribution is 2.66. The fourth-order valence-electron chi connectivity index (χ4n) is 4.70. The summed E-state index contributed by atoms with van der Waals surface area (Å²) >= 11 is 0. The number of rotatable bonds is 25. The van der Waals surface area contributed by atoms with Gasteiger partial charge in [0.1, 0.15) is 43.8 Å². The van der Waals surface area contributed by atoms with Crippen LogP contribution in [0.4, 0.5) is 5.82 Å². The van der Waals surface area contributed by atoms with Crippen molar-refractivity contribution in [3.05, 3.63) is 73.0 Å². The van der Waals surface area contributed by atoms with Gasteiger partial charge in [0.15, 0.2) is 6.23 Å². The number of carbonyl (C=O) groups excluding carboxylic acids is 2. The number of nitrogens with zero attached hydrogens (tertiary/aromatic N) is 8. The van der Waals surface area contributed by atoms with Crippen LogP contribution < -0.4 is 32.5 Å². The van der Waals surface area contributed by atoms with Gasteiger partial charge in [0.2, 0.25) is 5.91 Å². The lowest BCUT2D eigenvalue weighted by Crippen LogP contribution is -2.30. The predicted octanol–water partition coefficient (Wildman–Crippen LogP) is 0.0141. The Hall–Kier alpha value is -4.97. The zero-order valence-electron chi connectivity index (χ0n) is 31.3. The van der Waals surface area contributed by atoms with Crippen molar-refractivity contribution in [3.8, 4) is 17.6 Å². The molecule has 1 fully saturated rings. The number of ether oxygens (including phenoxy) is 5. The van der Waals surface area contributed by atoms with Gasteiger partial charge >= 0.3 is 29.2 Å². The van der Waals surface area contributed by atoms with Crippen LogP contribution >= 0.6 is 23.5 Å². The lowest BCUT2D eigenvalue weighted by molar-refractivity contribution is -0.126. The van der Waals surface area contributed by atoms with Crippen LogP contribution in [0.5, 0.6) is 5.75 Å². The Kier molecular flexibility index (Phi) is 20.2. The first-order valence-corrected chi connectivity index (χ1v) is 21.5. The predicted molar refractivity (Wildman–Crippen MR) is 203 cm³/mol. The van der Waals surface area contributed by atoms with Crippen LogP contribution in [0.2, 0.25) is 0 Å². The number of carbonyl (C=O) groups is 2. The Labute approximate surface area is 343 Å². The number of hydrogen-bond donors (Lipinski definition) is 8. The van der Waals surface area contributed by atoms with Gasteiger partial charge in [0.25, 0.3) is 5.91 Å². The van der Waals surface area contributed by atoms with Crippen molar-refractivity contribution in [1.82, 2.24) is 20.2 Å². The van der Waals surface area contributed by atoms with Crippen molar-refractivity contribution in [2.24, 2.45) is 16.0 Å². The molecule has 2 aromatic rings. The maximum Gasteiger partial charge on any atom is 0.490 e. The second-order valence-electron chi connectivity index (χ2n) is 11.6. The summed E-state index contributed by atoms with van der Waals surface area (Å²) < 4.78 is 75.1. The number of amides is 2. The highest BCUT2D eigenvalue weighted by molar-refractivity contribution is 7.66. The minimum Gasteiger partial charge on any atom is -0.491 e. The molecular weight excluding hydrogens is 885 g/mol. The van der Waals surface area contributed by atoms with E-state index < -0.39 is 79.7 Å². The van der Waals surface area contributed by atoms with Crippen molar-refractivity contribution < 1.29 is 79.7 Å². The molecule has 4 unspecified atom stereocenters. The standard InChI is InChI=1S/C28H39N12O18P3/c29-6-8-34-27(42)18-3-1-5-20(11-18)53-16-24(37-39-32)52-10-9-51-15-23(41)33-7-2-4-19-13-40(28(43)36-26(19)30)25-12-21(54-17-35-38-31)22(56-25)14-55-60(47,48)58-61(49,50)57-59(44,45)46/h1,3,5,11,13,21-22,24-25H,6-10,12,14-17,29H2,(H,33,41)(H,34,42)(H,47,48)(H,49,50)(H2,30,36,43)(H2,44,45,46)/t21?,22-,24?,25-/m1/s1. The summed E-state index contributed by atoms with van der Waals surface area (Å²) in [4.78, 5) is 82.7. The third-order valence-corrected chi connectivity index (χ3v) is 11.0. The molecule has 1 aromatic heterocycles. The molecule has 0 spiro atoms. The summed E-state index contributed by atoms with van der Waals surface area (Å²) in [5.41, 5.74) is 28.1. The summed E-state index contributed by atoms with van der Waals surface area (Å²) in [6.45, 7) is -1.98. The molecule has 10 N–H and O–H groups in total. The van der Waals surface area contributed by atoms with Crippen LogP contribution in [0, 0.1) is 11.8 Å². The number of phosphoric acid groups is 3. The van der Waals surface area contributed by atoms with E-state index in [9.17, 15) is 37.9 Å². The van der Waals surface area contributed by atoms with Crippen LogP contribution in [0.25, 0.3) is 20.9 Å². The maximum atomic E-state index is 12.8. The van der Waals surface area contributed by atoms with E-state index in [-0.39, 0.29) is 56.6 Å². The Morgan fingerprint density at radius 3 is 2.59 bits per heavy atom. The third kappa shape index (κ3) is 18.7. The molecule has 0 saturated carbocycles. The molecule has 6 atom stereocenters. The number of azide groups is 2. The molecule has 1 aliphatic heterocycles. The molecule has 1 saturated heterocycles. The van der Waals surface area contributed by atoms with Gasteiger partial charge in [-0.15, -0.1) is 0 Å². The van der Waals surface area contributed by atoms with Crippen LogP contribution in [0.1, 0.15) is 28.6 Å². The van der Waals surface area contributed by atoms with Gasteiger partial charge in [0.05, 0.1) is 38.0 Å².